The van der Waals surface area contributed by atoms with Crippen molar-refractivity contribution >= 4 is 15.9 Å². The average molecular weight is 295 g/mol. The predicted octanol–water partition coefficient (Wildman–Crippen LogP) is 3.96. The van der Waals surface area contributed by atoms with Crippen molar-refractivity contribution in [3.8, 4) is 11.3 Å². The fourth-order valence-electron chi connectivity index (χ4n) is 2.30. The molecule has 4 heteroatoms. The van der Waals surface area contributed by atoms with Crippen LogP contribution in [0.15, 0.2) is 28.7 Å². The molecule has 0 N–H and O–H groups in total. The summed E-state index contributed by atoms with van der Waals surface area (Å²) in [5, 5.41) is 4.62. The third kappa shape index (κ3) is 1.71. The average Bonchev–Trinajstić information content (AvgIpc) is 2.83. The van der Waals surface area contributed by atoms with E-state index in [-0.39, 0.29) is 5.82 Å². The second kappa shape index (κ2) is 3.95. The van der Waals surface area contributed by atoms with Crippen molar-refractivity contribution in [2.75, 3.05) is 0 Å². The van der Waals surface area contributed by atoms with Crippen LogP contribution in [0.3, 0.4) is 0 Å². The molecule has 2 aromatic rings. The Balaban J connectivity index is 2.10. The van der Waals surface area contributed by atoms with Gasteiger partial charge in [0.1, 0.15) is 11.5 Å². The summed E-state index contributed by atoms with van der Waals surface area (Å²) >= 11 is 3.61. The highest BCUT2D eigenvalue weighted by atomic mass is 79.9. The molecule has 0 saturated carbocycles. The van der Waals surface area contributed by atoms with Crippen LogP contribution in [0, 0.1) is 5.82 Å². The maximum atomic E-state index is 12.9. The van der Waals surface area contributed by atoms with Crippen molar-refractivity contribution in [3.63, 3.8) is 0 Å². The summed E-state index contributed by atoms with van der Waals surface area (Å²) in [5.41, 5.74) is 3.11. The quantitative estimate of drug-likeness (QED) is 0.778. The van der Waals surface area contributed by atoms with Gasteiger partial charge in [-0.3, -0.25) is 4.68 Å². The molecule has 88 valence electrons. The summed E-state index contributed by atoms with van der Waals surface area (Å²) in [4.78, 5) is 0. The van der Waals surface area contributed by atoms with Gasteiger partial charge in [-0.15, -0.1) is 0 Å². The van der Waals surface area contributed by atoms with Gasteiger partial charge in [0.25, 0.3) is 0 Å². The molecule has 3 rings (SSSR count). The summed E-state index contributed by atoms with van der Waals surface area (Å²) in [6.07, 6.45) is 2.20. The maximum absolute atomic E-state index is 12.9. The lowest BCUT2D eigenvalue weighted by atomic mass is 10.1. The molecule has 2 nitrogen and oxygen atoms in total. The fraction of sp³-hybridized carbons (Fsp3) is 0.308. The van der Waals surface area contributed by atoms with Gasteiger partial charge in [-0.25, -0.2) is 4.39 Å². The molecule has 1 aromatic heterocycles. The molecule has 1 aliphatic rings. The SMILES string of the molecule is C[C@@H]1CCc2c(Br)c(-c3ccc(F)cc3)nn21. The predicted molar refractivity (Wildman–Crippen MR) is 68.4 cm³/mol. The Kier molecular flexibility index (Phi) is 2.54. The molecular weight excluding hydrogens is 283 g/mol. The molecule has 0 aliphatic carbocycles. The lowest BCUT2D eigenvalue weighted by Gasteiger charge is -2.03. The highest BCUT2D eigenvalue weighted by Crippen LogP contribution is 2.37. The first-order chi connectivity index (χ1) is 8.16. The van der Waals surface area contributed by atoms with Crippen LogP contribution in [0.4, 0.5) is 4.39 Å². The number of nitrogens with zero attached hydrogens (tertiary/aromatic N) is 2. The third-order valence-electron chi connectivity index (χ3n) is 3.28. The molecule has 0 amide bonds. The molecule has 17 heavy (non-hydrogen) atoms. The molecule has 1 aliphatic heterocycles. The molecule has 0 saturated heterocycles. The number of hydrogen-bond donors (Lipinski definition) is 0. The standard InChI is InChI=1S/C13H12BrFN2/c1-8-2-7-11-12(14)13(16-17(8)11)9-3-5-10(15)6-4-9/h3-6,8H,2,7H2,1H3/t8-/m1/s1. The summed E-state index contributed by atoms with van der Waals surface area (Å²) < 4.78 is 16.0. The Hall–Kier alpha value is -1.16. The number of rotatable bonds is 1. The van der Waals surface area contributed by atoms with Gasteiger partial charge in [0.2, 0.25) is 0 Å². The summed E-state index contributed by atoms with van der Waals surface area (Å²) in [6.45, 7) is 2.17. The second-order valence-electron chi connectivity index (χ2n) is 4.45. The van der Waals surface area contributed by atoms with Gasteiger partial charge in [-0.1, -0.05) is 0 Å². The van der Waals surface area contributed by atoms with Crippen molar-refractivity contribution in [1.29, 1.82) is 0 Å². The lowest BCUT2D eigenvalue weighted by Crippen LogP contribution is -2.00. The Morgan fingerprint density at radius 3 is 2.71 bits per heavy atom. The highest BCUT2D eigenvalue weighted by Gasteiger charge is 2.25. The third-order valence-corrected chi connectivity index (χ3v) is 4.11. The van der Waals surface area contributed by atoms with Crippen molar-refractivity contribution in [3.05, 3.63) is 40.2 Å². The minimum atomic E-state index is -0.218. The highest BCUT2D eigenvalue weighted by molar-refractivity contribution is 9.10. The van der Waals surface area contributed by atoms with Gasteiger partial charge in [-0.2, -0.15) is 5.10 Å². The summed E-state index contributed by atoms with van der Waals surface area (Å²) in [7, 11) is 0. The molecular formula is C13H12BrFN2. The molecule has 0 spiro atoms. The van der Waals surface area contributed by atoms with Gasteiger partial charge in [-0.05, 0) is 60.0 Å². The Bertz CT molecular complexity index is 560. The van der Waals surface area contributed by atoms with E-state index in [2.05, 4.69) is 32.6 Å². The smallest absolute Gasteiger partial charge is 0.123 e. The van der Waals surface area contributed by atoms with Crippen molar-refractivity contribution in [1.82, 2.24) is 9.78 Å². The zero-order valence-corrected chi connectivity index (χ0v) is 11.0. The number of aromatic nitrogens is 2. The first kappa shape index (κ1) is 11.0. The Morgan fingerprint density at radius 2 is 2.06 bits per heavy atom. The molecule has 0 fully saturated rings. The number of halogens is 2. The van der Waals surface area contributed by atoms with E-state index < -0.39 is 0 Å². The normalized spacial score (nSPS) is 18.4. The monoisotopic (exact) mass is 294 g/mol. The van der Waals surface area contributed by atoms with E-state index in [9.17, 15) is 4.39 Å². The van der Waals surface area contributed by atoms with E-state index in [4.69, 9.17) is 0 Å². The van der Waals surface area contributed by atoms with Gasteiger partial charge in [0, 0.05) is 11.6 Å². The number of fused-ring (bicyclic) bond motifs is 1. The van der Waals surface area contributed by atoms with E-state index in [1.807, 2.05) is 0 Å². The first-order valence-electron chi connectivity index (χ1n) is 5.69. The van der Waals surface area contributed by atoms with Gasteiger partial charge >= 0.3 is 0 Å². The van der Waals surface area contributed by atoms with Crippen LogP contribution in [0.1, 0.15) is 25.1 Å². The van der Waals surface area contributed by atoms with Crippen LogP contribution in [0.2, 0.25) is 0 Å². The van der Waals surface area contributed by atoms with Crippen molar-refractivity contribution in [2.45, 2.75) is 25.8 Å². The fourth-order valence-corrected chi connectivity index (χ4v) is 2.99. The van der Waals surface area contributed by atoms with E-state index >= 15 is 0 Å². The van der Waals surface area contributed by atoms with Crippen LogP contribution in [0.25, 0.3) is 11.3 Å². The minimum absolute atomic E-state index is 0.218. The maximum Gasteiger partial charge on any atom is 0.123 e. The molecule has 2 heterocycles. The topological polar surface area (TPSA) is 17.8 Å². The summed E-state index contributed by atoms with van der Waals surface area (Å²) in [5.74, 6) is -0.218. The zero-order chi connectivity index (χ0) is 12.0. The molecule has 1 aromatic carbocycles. The van der Waals surface area contributed by atoms with Crippen LogP contribution in [-0.2, 0) is 6.42 Å². The van der Waals surface area contributed by atoms with Crippen LogP contribution < -0.4 is 0 Å². The Morgan fingerprint density at radius 1 is 1.35 bits per heavy atom. The van der Waals surface area contributed by atoms with E-state index in [1.54, 1.807) is 12.1 Å². The van der Waals surface area contributed by atoms with Gasteiger partial charge in [0.05, 0.1) is 10.2 Å². The van der Waals surface area contributed by atoms with E-state index in [0.29, 0.717) is 6.04 Å². The van der Waals surface area contributed by atoms with Crippen LogP contribution in [0.5, 0.6) is 0 Å². The largest absolute Gasteiger partial charge is 0.265 e. The summed E-state index contributed by atoms with van der Waals surface area (Å²) in [6, 6.07) is 6.92. The van der Waals surface area contributed by atoms with Crippen LogP contribution in [-0.4, -0.2) is 9.78 Å². The number of hydrogen-bond acceptors (Lipinski definition) is 1. The lowest BCUT2D eigenvalue weighted by molar-refractivity contribution is 0.523. The van der Waals surface area contributed by atoms with Gasteiger partial charge < -0.3 is 0 Å². The van der Waals surface area contributed by atoms with Crippen molar-refractivity contribution in [2.24, 2.45) is 0 Å². The van der Waals surface area contributed by atoms with Crippen molar-refractivity contribution < 1.29 is 4.39 Å². The number of benzene rings is 1. The minimum Gasteiger partial charge on any atom is -0.265 e. The molecule has 1 atom stereocenters. The van der Waals surface area contributed by atoms with E-state index in [0.717, 1.165) is 28.6 Å². The Labute approximate surface area is 108 Å². The first-order valence-corrected chi connectivity index (χ1v) is 6.49. The van der Waals surface area contributed by atoms with Gasteiger partial charge in [0.15, 0.2) is 0 Å². The van der Waals surface area contributed by atoms with E-state index in [1.165, 1.54) is 17.8 Å². The molecule has 0 unspecified atom stereocenters. The zero-order valence-electron chi connectivity index (χ0n) is 9.45. The van der Waals surface area contributed by atoms with Crippen LogP contribution >= 0.6 is 15.9 Å². The molecule has 0 radical (unpaired) electrons. The molecule has 0 bridgehead atoms. The second-order valence-corrected chi connectivity index (χ2v) is 5.24.